The first-order valence-corrected chi connectivity index (χ1v) is 8.29. The van der Waals surface area contributed by atoms with Gasteiger partial charge in [-0.1, -0.05) is 29.3 Å². The Morgan fingerprint density at radius 1 is 1.29 bits per heavy atom. The summed E-state index contributed by atoms with van der Waals surface area (Å²) in [7, 11) is 0. The molecule has 0 radical (unpaired) electrons. The van der Waals surface area contributed by atoms with Gasteiger partial charge in [-0.25, -0.2) is 0 Å². The average Bonchev–Trinajstić information content (AvgIpc) is 3.42. The summed E-state index contributed by atoms with van der Waals surface area (Å²) in [6.07, 6.45) is 2.27. The van der Waals surface area contributed by atoms with E-state index >= 15 is 0 Å². The molecule has 1 unspecified atom stereocenters. The highest BCUT2D eigenvalue weighted by Gasteiger charge is 2.28. The Morgan fingerprint density at radius 3 is 2.75 bits per heavy atom. The molecule has 1 aromatic carbocycles. The van der Waals surface area contributed by atoms with Crippen molar-refractivity contribution in [3.63, 3.8) is 0 Å². The van der Waals surface area contributed by atoms with E-state index in [0.717, 1.165) is 12.8 Å². The van der Waals surface area contributed by atoms with E-state index in [2.05, 4.69) is 15.5 Å². The van der Waals surface area contributed by atoms with Gasteiger partial charge in [0.25, 0.3) is 5.91 Å². The van der Waals surface area contributed by atoms with Crippen molar-refractivity contribution in [1.82, 2.24) is 15.5 Å². The first-order chi connectivity index (χ1) is 11.5. The number of nitrogens with one attached hydrogen (secondary N) is 1. The standard InChI is InChI=1S/C16H16Cl2N4O2/c17-10-2-1-3-13(15(10)18)24-14-7-6-12(21-22-14)16(23)20-8-11(19)9-4-5-9/h1-3,6-7,9,11H,4-5,8,19H2,(H,20,23). The SMILES string of the molecule is NC(CNC(=O)c1ccc(Oc2cccc(Cl)c2Cl)nn1)C1CC1. The molecule has 0 saturated heterocycles. The highest BCUT2D eigenvalue weighted by atomic mass is 35.5. The molecule has 1 atom stereocenters. The number of rotatable bonds is 6. The first kappa shape index (κ1) is 17.0. The highest BCUT2D eigenvalue weighted by molar-refractivity contribution is 6.42. The summed E-state index contributed by atoms with van der Waals surface area (Å²) in [5, 5.41) is 11.2. The topological polar surface area (TPSA) is 90.1 Å². The Bertz CT molecular complexity index is 735. The summed E-state index contributed by atoms with van der Waals surface area (Å²) in [6, 6.07) is 8.09. The van der Waals surface area contributed by atoms with Gasteiger partial charge < -0.3 is 15.8 Å². The largest absolute Gasteiger partial charge is 0.436 e. The maximum atomic E-state index is 12.0. The number of hydrogen-bond donors (Lipinski definition) is 2. The molecule has 0 bridgehead atoms. The predicted octanol–water partition coefficient (Wildman–Crippen LogP) is 3.04. The fraction of sp³-hybridized carbons (Fsp3) is 0.312. The monoisotopic (exact) mass is 366 g/mol. The van der Waals surface area contributed by atoms with Crippen LogP contribution in [0.25, 0.3) is 0 Å². The van der Waals surface area contributed by atoms with Crippen LogP contribution in [0, 0.1) is 5.92 Å². The van der Waals surface area contributed by atoms with E-state index in [9.17, 15) is 4.79 Å². The van der Waals surface area contributed by atoms with E-state index in [1.54, 1.807) is 24.3 Å². The average molecular weight is 367 g/mol. The second kappa shape index (κ2) is 7.34. The fourth-order valence-electron chi connectivity index (χ4n) is 2.16. The number of carbonyl (C=O) groups is 1. The van der Waals surface area contributed by atoms with Gasteiger partial charge in [-0.3, -0.25) is 4.79 Å². The highest BCUT2D eigenvalue weighted by Crippen LogP contribution is 2.34. The molecule has 3 N–H and O–H groups in total. The lowest BCUT2D eigenvalue weighted by molar-refractivity contribution is 0.0944. The molecule has 6 nitrogen and oxygen atoms in total. The summed E-state index contributed by atoms with van der Waals surface area (Å²) in [5.41, 5.74) is 6.14. The number of aromatic nitrogens is 2. The van der Waals surface area contributed by atoms with Gasteiger partial charge in [0.15, 0.2) is 5.69 Å². The molecular weight excluding hydrogens is 351 g/mol. The molecule has 2 aromatic rings. The number of ether oxygens (including phenoxy) is 1. The normalized spacial score (nSPS) is 15.0. The molecule has 24 heavy (non-hydrogen) atoms. The number of amides is 1. The zero-order valence-electron chi connectivity index (χ0n) is 12.7. The van der Waals surface area contributed by atoms with Crippen molar-refractivity contribution in [2.24, 2.45) is 11.7 Å². The molecule has 3 rings (SSSR count). The number of nitrogens with zero attached hydrogens (tertiary/aromatic N) is 2. The van der Waals surface area contributed by atoms with Crippen LogP contribution in [0.2, 0.25) is 10.0 Å². The van der Waals surface area contributed by atoms with Crippen LogP contribution in [0.3, 0.4) is 0 Å². The maximum Gasteiger partial charge on any atom is 0.271 e. The quantitative estimate of drug-likeness (QED) is 0.819. The van der Waals surface area contributed by atoms with E-state index in [1.807, 2.05) is 0 Å². The third kappa shape index (κ3) is 4.14. The van der Waals surface area contributed by atoms with E-state index in [4.69, 9.17) is 33.7 Å². The maximum absolute atomic E-state index is 12.0. The molecule has 1 aliphatic carbocycles. The number of carbonyl (C=O) groups excluding carboxylic acids is 1. The fourth-order valence-corrected chi connectivity index (χ4v) is 2.49. The van der Waals surface area contributed by atoms with Crippen molar-refractivity contribution in [2.45, 2.75) is 18.9 Å². The molecule has 1 aliphatic rings. The van der Waals surface area contributed by atoms with Crippen molar-refractivity contribution in [1.29, 1.82) is 0 Å². The van der Waals surface area contributed by atoms with Gasteiger partial charge in [0.2, 0.25) is 5.88 Å². The van der Waals surface area contributed by atoms with Gasteiger partial charge >= 0.3 is 0 Å². The van der Waals surface area contributed by atoms with Gasteiger partial charge in [0.05, 0.1) is 5.02 Å². The zero-order chi connectivity index (χ0) is 17.1. The number of benzene rings is 1. The summed E-state index contributed by atoms with van der Waals surface area (Å²) in [4.78, 5) is 12.0. The van der Waals surface area contributed by atoms with E-state index in [-0.39, 0.29) is 28.5 Å². The predicted molar refractivity (Wildman–Crippen MR) is 91.6 cm³/mol. The van der Waals surface area contributed by atoms with Crippen LogP contribution in [-0.4, -0.2) is 28.7 Å². The minimum Gasteiger partial charge on any atom is -0.436 e. The van der Waals surface area contributed by atoms with E-state index in [1.165, 1.54) is 6.07 Å². The molecular formula is C16H16Cl2N4O2. The smallest absolute Gasteiger partial charge is 0.271 e. The van der Waals surface area contributed by atoms with Crippen molar-refractivity contribution in [3.05, 3.63) is 46.1 Å². The summed E-state index contributed by atoms with van der Waals surface area (Å²) < 4.78 is 5.52. The molecule has 1 amide bonds. The minimum atomic E-state index is -0.314. The third-order valence-electron chi connectivity index (χ3n) is 3.73. The van der Waals surface area contributed by atoms with Gasteiger partial charge in [-0.05, 0) is 37.0 Å². The lowest BCUT2D eigenvalue weighted by atomic mass is 10.2. The van der Waals surface area contributed by atoms with Crippen LogP contribution in [0.15, 0.2) is 30.3 Å². The van der Waals surface area contributed by atoms with Crippen LogP contribution in [0.5, 0.6) is 11.6 Å². The Kier molecular flexibility index (Phi) is 5.18. The number of hydrogen-bond acceptors (Lipinski definition) is 5. The molecule has 8 heteroatoms. The zero-order valence-corrected chi connectivity index (χ0v) is 14.2. The van der Waals surface area contributed by atoms with E-state index < -0.39 is 0 Å². The minimum absolute atomic E-state index is 0.00510. The van der Waals surface area contributed by atoms with Crippen LogP contribution in [0.1, 0.15) is 23.3 Å². The van der Waals surface area contributed by atoms with E-state index in [0.29, 0.717) is 23.2 Å². The molecule has 126 valence electrons. The summed E-state index contributed by atoms with van der Waals surface area (Å²) >= 11 is 12.0. The molecule has 0 aliphatic heterocycles. The van der Waals surface area contributed by atoms with Crippen LogP contribution in [-0.2, 0) is 0 Å². The molecule has 0 spiro atoms. The van der Waals surface area contributed by atoms with Crippen molar-refractivity contribution in [3.8, 4) is 11.6 Å². The van der Waals surface area contributed by atoms with Gasteiger partial charge in [0, 0.05) is 18.7 Å². The van der Waals surface area contributed by atoms with Crippen LogP contribution >= 0.6 is 23.2 Å². The lowest BCUT2D eigenvalue weighted by Gasteiger charge is -2.11. The Labute approximate surface area is 149 Å². The Morgan fingerprint density at radius 2 is 2.08 bits per heavy atom. The second-order valence-corrected chi connectivity index (χ2v) is 6.41. The second-order valence-electron chi connectivity index (χ2n) is 5.62. The molecule has 1 heterocycles. The summed E-state index contributed by atoms with van der Waals surface area (Å²) in [5.74, 6) is 0.789. The van der Waals surface area contributed by atoms with Crippen molar-refractivity contribution in [2.75, 3.05) is 6.54 Å². The number of halogens is 2. The van der Waals surface area contributed by atoms with Gasteiger partial charge in [0.1, 0.15) is 10.8 Å². The van der Waals surface area contributed by atoms with Crippen LogP contribution in [0.4, 0.5) is 0 Å². The third-order valence-corrected chi connectivity index (χ3v) is 4.53. The van der Waals surface area contributed by atoms with Crippen molar-refractivity contribution >= 4 is 29.1 Å². The Hall–Kier alpha value is -1.89. The first-order valence-electron chi connectivity index (χ1n) is 7.54. The van der Waals surface area contributed by atoms with Crippen molar-refractivity contribution < 1.29 is 9.53 Å². The molecule has 1 aromatic heterocycles. The molecule has 1 saturated carbocycles. The van der Waals surface area contributed by atoms with Gasteiger partial charge in [-0.2, -0.15) is 0 Å². The molecule has 1 fully saturated rings. The lowest BCUT2D eigenvalue weighted by Crippen LogP contribution is -2.38. The van der Waals surface area contributed by atoms with Gasteiger partial charge in [-0.15, -0.1) is 10.2 Å². The number of nitrogens with two attached hydrogens (primary N) is 1. The summed E-state index contributed by atoms with van der Waals surface area (Å²) in [6.45, 7) is 0.432. The van der Waals surface area contributed by atoms with Crippen LogP contribution < -0.4 is 15.8 Å². The Balaban J connectivity index is 1.60.